The van der Waals surface area contributed by atoms with Gasteiger partial charge < -0.3 is 5.32 Å². The molecule has 1 aromatic rings. The molecule has 0 aliphatic carbocycles. The minimum atomic E-state index is -0.760. The Bertz CT molecular complexity index is 710. The van der Waals surface area contributed by atoms with Crippen LogP contribution < -0.4 is 10.2 Å². The molecule has 1 aromatic carbocycles. The van der Waals surface area contributed by atoms with Gasteiger partial charge in [-0.3, -0.25) is 4.79 Å². The molecular formula is C16H15Cl2N3O3. The highest BCUT2D eigenvalue weighted by molar-refractivity contribution is 6.35. The molecule has 0 radical (unpaired) electrons. The van der Waals surface area contributed by atoms with E-state index in [0.717, 1.165) is 9.80 Å². The van der Waals surface area contributed by atoms with Gasteiger partial charge in [-0.05, 0) is 24.6 Å². The molecule has 0 bridgehead atoms. The number of terminal acetylenes is 1. The van der Waals surface area contributed by atoms with E-state index in [1.165, 1.54) is 18.2 Å². The molecule has 0 spiro atoms. The van der Waals surface area contributed by atoms with E-state index in [4.69, 9.17) is 29.6 Å². The van der Waals surface area contributed by atoms with Gasteiger partial charge in [0, 0.05) is 22.5 Å². The maximum atomic E-state index is 12.4. The highest BCUT2D eigenvalue weighted by atomic mass is 35.5. The lowest BCUT2D eigenvalue weighted by Crippen LogP contribution is -2.44. The third-order valence-corrected chi connectivity index (χ3v) is 3.98. The van der Waals surface area contributed by atoms with Crippen LogP contribution in [0, 0.1) is 18.3 Å². The zero-order chi connectivity index (χ0) is 17.9. The molecule has 8 heteroatoms. The number of nitrogens with zero attached hydrogens (tertiary/aromatic N) is 2. The van der Waals surface area contributed by atoms with Gasteiger partial charge in [-0.2, -0.15) is 0 Å². The van der Waals surface area contributed by atoms with Gasteiger partial charge >= 0.3 is 12.1 Å². The summed E-state index contributed by atoms with van der Waals surface area (Å²) in [6.07, 6.45) is 6.02. The summed E-state index contributed by atoms with van der Waals surface area (Å²) in [7, 11) is 0. The monoisotopic (exact) mass is 367 g/mol. The first-order valence-electron chi connectivity index (χ1n) is 7.21. The molecule has 24 heavy (non-hydrogen) atoms. The van der Waals surface area contributed by atoms with Crippen LogP contribution in [0.3, 0.4) is 0 Å². The maximum absolute atomic E-state index is 12.4. The van der Waals surface area contributed by atoms with Crippen LogP contribution in [0.15, 0.2) is 18.2 Å². The molecule has 2 rings (SSSR count). The second kappa shape index (κ2) is 7.56. The molecule has 1 aliphatic heterocycles. The van der Waals surface area contributed by atoms with Crippen molar-refractivity contribution in [3.63, 3.8) is 0 Å². The van der Waals surface area contributed by atoms with Crippen molar-refractivity contribution in [1.82, 2.24) is 10.2 Å². The fraction of sp³-hybridized carbons (Fsp3) is 0.312. The van der Waals surface area contributed by atoms with Gasteiger partial charge in [0.05, 0.1) is 5.69 Å². The molecule has 1 aliphatic rings. The second-order valence-corrected chi connectivity index (χ2v) is 6.06. The van der Waals surface area contributed by atoms with Gasteiger partial charge in [0.1, 0.15) is 6.54 Å². The summed E-state index contributed by atoms with van der Waals surface area (Å²) in [6.45, 7) is 1.76. The fourth-order valence-electron chi connectivity index (χ4n) is 2.21. The van der Waals surface area contributed by atoms with Crippen molar-refractivity contribution >= 4 is 46.9 Å². The lowest BCUT2D eigenvalue weighted by molar-refractivity contribution is -0.116. The number of imide groups is 2. The average molecular weight is 368 g/mol. The first kappa shape index (κ1) is 18.1. The summed E-state index contributed by atoms with van der Waals surface area (Å²) in [4.78, 5) is 38.4. The van der Waals surface area contributed by atoms with E-state index in [-0.39, 0.29) is 34.7 Å². The SMILES string of the molecule is C#CC(CC)CNC(=O)N1CC(=O)N(c2cc(Cl)cc(Cl)c2)C1=O. The number of rotatable bonds is 4. The van der Waals surface area contributed by atoms with Crippen molar-refractivity contribution in [3.8, 4) is 12.3 Å². The van der Waals surface area contributed by atoms with Crippen LogP contribution in [-0.4, -0.2) is 36.0 Å². The van der Waals surface area contributed by atoms with Crippen LogP contribution in [0.25, 0.3) is 0 Å². The van der Waals surface area contributed by atoms with Crippen molar-refractivity contribution < 1.29 is 14.4 Å². The molecule has 1 atom stereocenters. The van der Waals surface area contributed by atoms with Gasteiger partial charge in [-0.15, -0.1) is 12.3 Å². The zero-order valence-corrected chi connectivity index (χ0v) is 14.4. The Kier molecular flexibility index (Phi) is 5.71. The average Bonchev–Trinajstić information content (AvgIpc) is 2.82. The number of anilines is 1. The summed E-state index contributed by atoms with van der Waals surface area (Å²) in [6, 6.07) is 2.90. The van der Waals surface area contributed by atoms with Crippen LogP contribution in [-0.2, 0) is 4.79 Å². The molecule has 1 fully saturated rings. The molecule has 1 N–H and O–H groups in total. The van der Waals surface area contributed by atoms with Crippen LogP contribution >= 0.6 is 23.2 Å². The third-order valence-electron chi connectivity index (χ3n) is 3.54. The second-order valence-electron chi connectivity index (χ2n) is 5.18. The van der Waals surface area contributed by atoms with Crippen LogP contribution in [0.4, 0.5) is 15.3 Å². The number of carbonyl (C=O) groups excluding carboxylic acids is 3. The quantitative estimate of drug-likeness (QED) is 0.656. The largest absolute Gasteiger partial charge is 0.340 e. The zero-order valence-electron chi connectivity index (χ0n) is 12.9. The minimum absolute atomic E-state index is 0.134. The van der Waals surface area contributed by atoms with E-state index in [1.807, 2.05) is 6.92 Å². The first-order valence-corrected chi connectivity index (χ1v) is 7.97. The Morgan fingerprint density at radius 2 is 1.96 bits per heavy atom. The van der Waals surface area contributed by atoms with E-state index in [9.17, 15) is 14.4 Å². The molecule has 1 unspecified atom stereocenters. The molecular weight excluding hydrogens is 353 g/mol. The summed E-state index contributed by atoms with van der Waals surface area (Å²) in [5.74, 6) is 1.86. The normalized spacial score (nSPS) is 15.4. The Morgan fingerprint density at radius 1 is 1.33 bits per heavy atom. The smallest absolute Gasteiger partial charge is 0.336 e. The number of amides is 5. The Labute approximate surface area is 149 Å². The highest BCUT2D eigenvalue weighted by Crippen LogP contribution is 2.28. The Morgan fingerprint density at radius 3 is 2.50 bits per heavy atom. The van der Waals surface area contributed by atoms with Crippen LogP contribution in [0.5, 0.6) is 0 Å². The number of hydrogen-bond acceptors (Lipinski definition) is 3. The lowest BCUT2D eigenvalue weighted by Gasteiger charge is -2.17. The van der Waals surface area contributed by atoms with Crippen molar-refractivity contribution in [3.05, 3.63) is 28.2 Å². The van der Waals surface area contributed by atoms with Gasteiger partial charge in [0.15, 0.2) is 0 Å². The van der Waals surface area contributed by atoms with Crippen LogP contribution in [0.1, 0.15) is 13.3 Å². The molecule has 126 valence electrons. The molecule has 0 aromatic heterocycles. The number of carbonyl (C=O) groups is 3. The van der Waals surface area contributed by atoms with E-state index in [1.54, 1.807) is 0 Å². The topological polar surface area (TPSA) is 69.7 Å². The van der Waals surface area contributed by atoms with Gasteiger partial charge in [-0.1, -0.05) is 30.1 Å². The number of urea groups is 2. The maximum Gasteiger partial charge on any atom is 0.340 e. The number of hydrogen-bond donors (Lipinski definition) is 1. The highest BCUT2D eigenvalue weighted by Gasteiger charge is 2.41. The van der Waals surface area contributed by atoms with Crippen molar-refractivity contribution in [2.24, 2.45) is 5.92 Å². The standard InChI is InChI=1S/C16H15Cl2N3O3/c1-3-10(4-2)8-19-15(23)20-9-14(22)21(16(20)24)13-6-11(17)5-12(18)7-13/h1,5-7,10H,4,8-9H2,2H3,(H,19,23). The van der Waals surface area contributed by atoms with E-state index < -0.39 is 18.0 Å². The van der Waals surface area contributed by atoms with Gasteiger partial charge in [0.2, 0.25) is 0 Å². The van der Waals surface area contributed by atoms with Crippen molar-refractivity contribution in [2.45, 2.75) is 13.3 Å². The van der Waals surface area contributed by atoms with E-state index in [0.29, 0.717) is 6.42 Å². The van der Waals surface area contributed by atoms with Crippen molar-refractivity contribution in [2.75, 3.05) is 18.0 Å². The summed E-state index contributed by atoms with van der Waals surface area (Å²) < 4.78 is 0. The third kappa shape index (κ3) is 3.81. The first-order chi connectivity index (χ1) is 11.4. The molecule has 1 saturated heterocycles. The predicted molar refractivity (Wildman–Crippen MR) is 92.1 cm³/mol. The summed E-state index contributed by atoms with van der Waals surface area (Å²) in [5, 5.41) is 3.12. The summed E-state index contributed by atoms with van der Waals surface area (Å²) in [5.41, 5.74) is 0.216. The molecule has 0 saturated carbocycles. The lowest BCUT2D eigenvalue weighted by atomic mass is 10.1. The van der Waals surface area contributed by atoms with Crippen LogP contribution in [0.2, 0.25) is 10.0 Å². The Hall–Kier alpha value is -2.23. The van der Waals surface area contributed by atoms with Crippen molar-refractivity contribution in [1.29, 1.82) is 0 Å². The van der Waals surface area contributed by atoms with Gasteiger partial charge in [0.25, 0.3) is 5.91 Å². The van der Waals surface area contributed by atoms with E-state index >= 15 is 0 Å². The molecule has 1 heterocycles. The number of benzene rings is 1. The predicted octanol–water partition coefficient (Wildman–Crippen LogP) is 3.13. The molecule has 6 nitrogen and oxygen atoms in total. The van der Waals surface area contributed by atoms with E-state index in [2.05, 4.69) is 11.2 Å². The number of nitrogens with one attached hydrogen (secondary N) is 1. The minimum Gasteiger partial charge on any atom is -0.336 e. The summed E-state index contributed by atoms with van der Waals surface area (Å²) >= 11 is 11.8. The van der Waals surface area contributed by atoms with Gasteiger partial charge in [-0.25, -0.2) is 19.4 Å². The molecule has 5 amide bonds. The Balaban J connectivity index is 2.14. The number of halogens is 2. The fourth-order valence-corrected chi connectivity index (χ4v) is 2.72.